The highest BCUT2D eigenvalue weighted by atomic mass is 35.5. The van der Waals surface area contributed by atoms with Crippen LogP contribution in [0.4, 0.5) is 5.69 Å². The zero-order chi connectivity index (χ0) is 30.7. The fraction of sp³-hybridized carbons (Fsp3) is 0.526. The molecule has 0 saturated heterocycles. The van der Waals surface area contributed by atoms with Crippen LogP contribution in [-0.2, 0) is 17.8 Å². The van der Waals surface area contributed by atoms with E-state index in [-0.39, 0.29) is 12.3 Å². The summed E-state index contributed by atoms with van der Waals surface area (Å²) in [6.45, 7) is 7.99. The third kappa shape index (κ3) is 14.4. The molecule has 234 valence electrons. The Labute approximate surface area is 266 Å². The van der Waals surface area contributed by atoms with Gasteiger partial charge in [-0.1, -0.05) is 120 Å². The summed E-state index contributed by atoms with van der Waals surface area (Å²) < 4.78 is 8.12. The Hall–Kier alpha value is -2.85. The Balaban J connectivity index is 1.26. The van der Waals surface area contributed by atoms with Crippen LogP contribution in [-0.4, -0.2) is 12.5 Å². The van der Waals surface area contributed by atoms with Gasteiger partial charge < -0.3 is 10.1 Å². The standard InChI is InChI=1S/C38H53ClN2O2/c1-4-5-6-7-8-9-10-11-12-13-14-15-16-17-24-43-36-23-20-34(37(39)27-36)26-38(42)40-35-21-18-33(19-22-35)30-41-28-31(2)25-32(3)29-41/h18-23,25,27-29H,4-17,24,26,30H2,1-3H3/p+1. The first-order valence-corrected chi connectivity index (χ1v) is 17.1. The number of pyridine rings is 1. The molecule has 3 aromatic rings. The van der Waals surface area contributed by atoms with Gasteiger partial charge in [0.25, 0.3) is 0 Å². The second-order valence-electron chi connectivity index (χ2n) is 12.2. The zero-order valence-corrected chi connectivity index (χ0v) is 27.7. The highest BCUT2D eigenvalue weighted by Gasteiger charge is 2.10. The molecule has 0 aliphatic carbocycles. The molecule has 43 heavy (non-hydrogen) atoms. The molecule has 0 aliphatic rings. The largest absolute Gasteiger partial charge is 0.494 e. The van der Waals surface area contributed by atoms with E-state index < -0.39 is 0 Å². The summed E-state index contributed by atoms with van der Waals surface area (Å²) in [7, 11) is 0. The SMILES string of the molecule is CCCCCCCCCCCCCCCCOc1ccc(CC(=O)Nc2ccc(C[n+]3cc(C)cc(C)c3)cc2)c(Cl)c1. The average molecular weight is 606 g/mol. The lowest BCUT2D eigenvalue weighted by molar-refractivity contribution is -0.689. The number of halogens is 1. The van der Waals surface area contributed by atoms with Crippen molar-refractivity contribution in [2.24, 2.45) is 0 Å². The van der Waals surface area contributed by atoms with E-state index in [0.29, 0.717) is 11.6 Å². The smallest absolute Gasteiger partial charge is 0.228 e. The molecule has 0 unspecified atom stereocenters. The zero-order valence-electron chi connectivity index (χ0n) is 26.9. The van der Waals surface area contributed by atoms with Crippen LogP contribution in [0.1, 0.15) is 119 Å². The van der Waals surface area contributed by atoms with Gasteiger partial charge in [-0.3, -0.25) is 4.79 Å². The van der Waals surface area contributed by atoms with E-state index >= 15 is 0 Å². The van der Waals surface area contributed by atoms with E-state index in [4.69, 9.17) is 16.3 Å². The van der Waals surface area contributed by atoms with Crippen molar-refractivity contribution in [2.45, 2.75) is 124 Å². The minimum atomic E-state index is -0.0885. The van der Waals surface area contributed by atoms with Crippen molar-refractivity contribution in [2.75, 3.05) is 11.9 Å². The molecule has 0 radical (unpaired) electrons. The topological polar surface area (TPSA) is 42.2 Å². The van der Waals surface area contributed by atoms with Crippen molar-refractivity contribution in [1.82, 2.24) is 0 Å². The summed E-state index contributed by atoms with van der Waals surface area (Å²) >= 11 is 6.51. The van der Waals surface area contributed by atoms with Crippen LogP contribution in [0, 0.1) is 13.8 Å². The first-order chi connectivity index (χ1) is 20.9. The number of hydrogen-bond donors (Lipinski definition) is 1. The molecule has 1 aromatic heterocycles. The van der Waals surface area contributed by atoms with Crippen molar-refractivity contribution in [3.8, 4) is 5.75 Å². The van der Waals surface area contributed by atoms with Crippen molar-refractivity contribution in [3.63, 3.8) is 0 Å². The van der Waals surface area contributed by atoms with Gasteiger partial charge in [-0.25, -0.2) is 4.57 Å². The Kier molecular flexibility index (Phi) is 16.2. The van der Waals surface area contributed by atoms with Gasteiger partial charge >= 0.3 is 0 Å². The molecule has 3 rings (SSSR count). The summed E-state index contributed by atoms with van der Waals surface area (Å²) in [5, 5.41) is 3.55. The quantitative estimate of drug-likeness (QED) is 0.0969. The molecular formula is C38H54ClN2O2+. The fourth-order valence-electron chi connectivity index (χ4n) is 5.62. The third-order valence-electron chi connectivity index (χ3n) is 7.94. The molecule has 4 nitrogen and oxygen atoms in total. The Morgan fingerprint density at radius 3 is 1.86 bits per heavy atom. The summed E-state index contributed by atoms with van der Waals surface area (Å²) in [5.74, 6) is 0.676. The van der Waals surface area contributed by atoms with E-state index in [1.165, 1.54) is 100 Å². The maximum atomic E-state index is 12.7. The summed E-state index contributed by atoms with van der Waals surface area (Å²) in [6, 6.07) is 15.8. The molecule has 0 fully saturated rings. The van der Waals surface area contributed by atoms with Gasteiger partial charge in [0, 0.05) is 27.4 Å². The number of rotatable bonds is 21. The van der Waals surface area contributed by atoms with Gasteiger partial charge in [0.15, 0.2) is 18.9 Å². The van der Waals surface area contributed by atoms with E-state index in [1.54, 1.807) is 0 Å². The van der Waals surface area contributed by atoms with Crippen molar-refractivity contribution in [3.05, 3.63) is 88.2 Å². The highest BCUT2D eigenvalue weighted by Crippen LogP contribution is 2.24. The third-order valence-corrected chi connectivity index (χ3v) is 8.29. The van der Waals surface area contributed by atoms with Crippen molar-refractivity contribution >= 4 is 23.2 Å². The van der Waals surface area contributed by atoms with Crippen LogP contribution < -0.4 is 14.6 Å². The van der Waals surface area contributed by atoms with Crippen LogP contribution in [0.25, 0.3) is 0 Å². The molecule has 0 saturated carbocycles. The molecule has 0 aliphatic heterocycles. The molecule has 2 aromatic carbocycles. The lowest BCUT2D eigenvalue weighted by Gasteiger charge is -2.10. The molecule has 0 atom stereocenters. The number of nitrogens with one attached hydrogen (secondary N) is 1. The summed E-state index contributed by atoms with van der Waals surface area (Å²) in [5.41, 5.74) is 5.24. The monoisotopic (exact) mass is 605 g/mol. The number of ether oxygens (including phenoxy) is 1. The predicted molar refractivity (Wildman–Crippen MR) is 181 cm³/mol. The molecular weight excluding hydrogens is 552 g/mol. The van der Waals surface area contributed by atoms with Gasteiger partial charge in [-0.2, -0.15) is 0 Å². The number of benzene rings is 2. The number of carbonyl (C=O) groups is 1. The van der Waals surface area contributed by atoms with Gasteiger partial charge in [0.1, 0.15) is 5.75 Å². The molecule has 0 spiro atoms. The number of carbonyl (C=O) groups excluding carboxylic acids is 1. The fourth-order valence-corrected chi connectivity index (χ4v) is 5.85. The maximum absolute atomic E-state index is 12.7. The lowest BCUT2D eigenvalue weighted by Crippen LogP contribution is -2.34. The number of aryl methyl sites for hydroxylation is 2. The second kappa shape index (κ2) is 20.2. The number of nitrogens with zero attached hydrogens (tertiary/aromatic N) is 1. The summed E-state index contributed by atoms with van der Waals surface area (Å²) in [4.78, 5) is 12.7. The van der Waals surface area contributed by atoms with Gasteiger partial charge in [0.2, 0.25) is 5.91 Å². The molecule has 1 amide bonds. The van der Waals surface area contributed by atoms with Gasteiger partial charge in [0.05, 0.1) is 13.0 Å². The van der Waals surface area contributed by atoms with Crippen LogP contribution >= 0.6 is 11.6 Å². The molecule has 5 heteroatoms. The van der Waals surface area contributed by atoms with Gasteiger partial charge in [-0.15, -0.1) is 0 Å². The number of anilines is 1. The minimum Gasteiger partial charge on any atom is -0.494 e. The highest BCUT2D eigenvalue weighted by molar-refractivity contribution is 6.31. The van der Waals surface area contributed by atoms with Gasteiger partial charge in [-0.05, 0) is 56.2 Å². The van der Waals surface area contributed by atoms with E-state index in [0.717, 1.165) is 30.0 Å². The second-order valence-corrected chi connectivity index (χ2v) is 12.6. The minimum absolute atomic E-state index is 0.0885. The van der Waals surface area contributed by atoms with E-state index in [9.17, 15) is 4.79 Å². The molecule has 1 heterocycles. The number of hydrogen-bond acceptors (Lipinski definition) is 2. The Morgan fingerprint density at radius 2 is 1.30 bits per heavy atom. The van der Waals surface area contributed by atoms with Crippen molar-refractivity contribution < 1.29 is 14.1 Å². The predicted octanol–water partition coefficient (Wildman–Crippen LogP) is 10.3. The van der Waals surface area contributed by atoms with Crippen molar-refractivity contribution in [1.29, 1.82) is 0 Å². The normalized spacial score (nSPS) is 11.1. The number of unbranched alkanes of at least 4 members (excludes halogenated alkanes) is 13. The van der Waals surface area contributed by atoms with E-state index in [1.807, 2.05) is 30.3 Å². The Morgan fingerprint density at radius 1 is 0.744 bits per heavy atom. The molecule has 0 bridgehead atoms. The van der Waals surface area contributed by atoms with Crippen LogP contribution in [0.5, 0.6) is 5.75 Å². The average Bonchev–Trinajstić information content (AvgIpc) is 2.97. The Bertz CT molecular complexity index is 1200. The number of amides is 1. The number of aromatic nitrogens is 1. The van der Waals surface area contributed by atoms with Crippen LogP contribution in [0.15, 0.2) is 60.9 Å². The first-order valence-electron chi connectivity index (χ1n) is 16.7. The molecule has 1 N–H and O–H groups in total. The van der Waals surface area contributed by atoms with Crippen LogP contribution in [0.2, 0.25) is 5.02 Å². The van der Waals surface area contributed by atoms with E-state index in [2.05, 4.69) is 61.2 Å². The summed E-state index contributed by atoms with van der Waals surface area (Å²) in [6.07, 6.45) is 23.4. The first kappa shape index (κ1) is 34.6. The lowest BCUT2D eigenvalue weighted by atomic mass is 10.0. The maximum Gasteiger partial charge on any atom is 0.228 e. The van der Waals surface area contributed by atoms with Crippen LogP contribution in [0.3, 0.4) is 0 Å².